The molecule has 2 aromatic carbocycles. The normalized spacial score (nSPS) is 12.5. The Labute approximate surface area is 201 Å². The Morgan fingerprint density at radius 3 is 2.63 bits per heavy atom. The molecule has 0 aliphatic rings. The highest BCUT2D eigenvalue weighted by molar-refractivity contribution is 7.92. The first-order valence-electron chi connectivity index (χ1n) is 10.4. The predicted octanol–water partition coefficient (Wildman–Crippen LogP) is 4.07. The molecule has 4 aromatic rings. The average Bonchev–Trinajstić information content (AvgIpc) is 2.86. The van der Waals surface area contributed by atoms with Gasteiger partial charge in [0.15, 0.2) is 11.6 Å². The van der Waals surface area contributed by atoms with Gasteiger partial charge in [-0.1, -0.05) is 6.07 Å². The van der Waals surface area contributed by atoms with E-state index in [0.717, 1.165) is 11.6 Å². The monoisotopic (exact) mass is 492 g/mol. The zero-order chi connectivity index (χ0) is 25.0. The van der Waals surface area contributed by atoms with Gasteiger partial charge in [0.2, 0.25) is 0 Å². The molecule has 0 aliphatic carbocycles. The van der Waals surface area contributed by atoms with Gasteiger partial charge in [0, 0.05) is 31.2 Å². The zero-order valence-electron chi connectivity index (χ0n) is 18.8. The molecule has 0 radical (unpaired) electrons. The van der Waals surface area contributed by atoms with E-state index in [1.54, 1.807) is 37.8 Å². The topological polar surface area (TPSA) is 130 Å². The molecule has 2 N–H and O–H groups in total. The van der Waals surface area contributed by atoms with Gasteiger partial charge in [0.05, 0.1) is 52.7 Å². The fraction of sp³-hybridized carbons (Fsp3) is 0.125. The van der Waals surface area contributed by atoms with Crippen molar-refractivity contribution in [3.63, 3.8) is 0 Å². The summed E-state index contributed by atoms with van der Waals surface area (Å²) in [6, 6.07) is 10.4. The van der Waals surface area contributed by atoms with E-state index in [9.17, 15) is 12.8 Å². The van der Waals surface area contributed by atoms with Crippen LogP contribution in [0.25, 0.3) is 22.2 Å². The number of methoxy groups -OCH3 is 1. The molecule has 4 rings (SSSR count). The number of aromatic nitrogens is 3. The van der Waals surface area contributed by atoms with Gasteiger partial charge in [-0.2, -0.15) is 0 Å². The van der Waals surface area contributed by atoms with Crippen LogP contribution in [-0.2, 0) is 10.0 Å². The molecule has 0 saturated carbocycles. The Kier molecular flexibility index (Phi) is 6.78. The highest BCUT2D eigenvalue weighted by Crippen LogP contribution is 2.27. The summed E-state index contributed by atoms with van der Waals surface area (Å²) in [6.45, 7) is 0. The lowest BCUT2D eigenvalue weighted by Gasteiger charge is -2.11. The molecule has 1 unspecified atom stereocenters. The lowest BCUT2D eigenvalue weighted by molar-refractivity contribution is 0.385. The third-order valence-electron chi connectivity index (χ3n) is 5.15. The number of ether oxygens (including phenoxy) is 1. The van der Waals surface area contributed by atoms with Crippen molar-refractivity contribution in [3.8, 4) is 16.9 Å². The van der Waals surface area contributed by atoms with E-state index in [-0.39, 0.29) is 22.3 Å². The number of rotatable bonds is 8. The molecule has 1 atom stereocenters. The summed E-state index contributed by atoms with van der Waals surface area (Å²) in [5.41, 5.74) is 3.45. The molecule has 0 aliphatic heterocycles. The van der Waals surface area contributed by atoms with Crippen LogP contribution in [0.5, 0.6) is 5.75 Å². The number of nitrogens with one attached hydrogen (secondary N) is 2. The first-order valence-corrected chi connectivity index (χ1v) is 11.8. The number of nitrogens with zero attached hydrogens (tertiary/aromatic N) is 4. The molecule has 9 nitrogen and oxygen atoms in total. The lowest BCUT2D eigenvalue weighted by Crippen LogP contribution is -2.13. The number of pyridine rings is 1. The minimum Gasteiger partial charge on any atom is -0.494 e. The quantitative estimate of drug-likeness (QED) is 0.357. The second kappa shape index (κ2) is 9.94. The van der Waals surface area contributed by atoms with Gasteiger partial charge in [-0.15, -0.1) is 0 Å². The number of sulfonamides is 1. The third kappa shape index (κ3) is 5.14. The van der Waals surface area contributed by atoms with Crippen LogP contribution in [0.4, 0.5) is 10.1 Å². The molecule has 0 spiro atoms. The van der Waals surface area contributed by atoms with Gasteiger partial charge in [-0.3, -0.25) is 19.7 Å². The molecular formula is C24H21FN6O3S. The summed E-state index contributed by atoms with van der Waals surface area (Å²) >= 11 is 0. The van der Waals surface area contributed by atoms with E-state index < -0.39 is 15.8 Å². The largest absolute Gasteiger partial charge is 0.494 e. The standard InChI is InChI=1S/C24H21FN6O3S/c1-27-11-17(10-26)23-14-29-21-5-3-15(8-22(21)30-23)16-7-18(13-28-12-16)31-35(32,33)19-4-6-24(34-2)20(25)9-19/h3-14,17,26,31H,1-2H3. The summed E-state index contributed by atoms with van der Waals surface area (Å²) in [5, 5.41) is 7.60. The van der Waals surface area contributed by atoms with Crippen LogP contribution < -0.4 is 9.46 Å². The summed E-state index contributed by atoms with van der Waals surface area (Å²) in [6.07, 6.45) is 7.41. The molecular weight excluding hydrogens is 471 g/mol. The number of hydrogen-bond acceptors (Lipinski definition) is 8. The van der Waals surface area contributed by atoms with Crippen LogP contribution in [-0.4, -0.2) is 50.0 Å². The predicted molar refractivity (Wildman–Crippen MR) is 132 cm³/mol. The zero-order valence-corrected chi connectivity index (χ0v) is 19.6. The Balaban J connectivity index is 1.65. The smallest absolute Gasteiger partial charge is 0.262 e. The van der Waals surface area contributed by atoms with E-state index in [1.807, 2.05) is 12.1 Å². The number of hydrogen-bond donors (Lipinski definition) is 2. The Morgan fingerprint density at radius 2 is 1.91 bits per heavy atom. The number of fused-ring (bicyclic) bond motifs is 1. The van der Waals surface area contributed by atoms with Crippen molar-refractivity contribution in [1.82, 2.24) is 15.0 Å². The average molecular weight is 493 g/mol. The van der Waals surface area contributed by atoms with Crippen LogP contribution in [0.3, 0.4) is 0 Å². The first-order chi connectivity index (χ1) is 16.8. The molecule has 35 heavy (non-hydrogen) atoms. The molecule has 0 fully saturated rings. The highest BCUT2D eigenvalue weighted by Gasteiger charge is 2.18. The van der Waals surface area contributed by atoms with E-state index in [4.69, 9.17) is 10.1 Å². The molecule has 0 bridgehead atoms. The molecule has 2 aromatic heterocycles. The molecule has 178 valence electrons. The lowest BCUT2D eigenvalue weighted by atomic mass is 10.1. The van der Waals surface area contributed by atoms with Gasteiger partial charge in [-0.25, -0.2) is 17.8 Å². The number of anilines is 1. The second-order valence-electron chi connectivity index (χ2n) is 7.46. The number of benzene rings is 2. The van der Waals surface area contributed by atoms with E-state index in [2.05, 4.69) is 24.7 Å². The molecule has 0 amide bonds. The van der Waals surface area contributed by atoms with E-state index >= 15 is 0 Å². The van der Waals surface area contributed by atoms with Crippen LogP contribution >= 0.6 is 0 Å². The van der Waals surface area contributed by atoms with Crippen LogP contribution in [0, 0.1) is 11.2 Å². The summed E-state index contributed by atoms with van der Waals surface area (Å²) in [7, 11) is -1.13. The van der Waals surface area contributed by atoms with Crippen LogP contribution in [0.15, 0.2) is 70.9 Å². The maximum atomic E-state index is 14.0. The summed E-state index contributed by atoms with van der Waals surface area (Å²) in [5.74, 6) is -1.22. The van der Waals surface area contributed by atoms with E-state index in [1.165, 1.54) is 31.7 Å². The van der Waals surface area contributed by atoms with Crippen molar-refractivity contribution >= 4 is 39.2 Å². The van der Waals surface area contributed by atoms with Gasteiger partial charge < -0.3 is 10.1 Å². The maximum Gasteiger partial charge on any atom is 0.262 e. The summed E-state index contributed by atoms with van der Waals surface area (Å²) in [4.78, 5) is 16.9. The SMILES string of the molecule is CN=CC(C=N)c1cnc2ccc(-c3cncc(NS(=O)(=O)c4ccc(OC)c(F)c4)c3)cc2n1. The second-order valence-corrected chi connectivity index (χ2v) is 9.14. The van der Waals surface area contributed by atoms with E-state index in [0.29, 0.717) is 22.3 Å². The first kappa shape index (κ1) is 23.9. The van der Waals surface area contributed by atoms with Crippen molar-refractivity contribution in [2.24, 2.45) is 4.99 Å². The van der Waals surface area contributed by atoms with Gasteiger partial charge in [0.25, 0.3) is 10.0 Å². The number of halogens is 1. The van der Waals surface area contributed by atoms with Gasteiger partial charge in [-0.05, 0) is 42.0 Å². The van der Waals surface area contributed by atoms with Crippen LogP contribution in [0.2, 0.25) is 0 Å². The minimum absolute atomic E-state index is 0.0518. The molecule has 2 heterocycles. The number of aliphatic imine (C=N–C) groups is 1. The van der Waals surface area contributed by atoms with Crippen molar-refractivity contribution in [2.45, 2.75) is 10.8 Å². The maximum absolute atomic E-state index is 14.0. The highest BCUT2D eigenvalue weighted by atomic mass is 32.2. The Morgan fingerprint density at radius 1 is 1.09 bits per heavy atom. The minimum atomic E-state index is -4.06. The Hall–Kier alpha value is -4.25. The molecule has 11 heteroatoms. The van der Waals surface area contributed by atoms with Crippen molar-refractivity contribution in [2.75, 3.05) is 18.9 Å². The van der Waals surface area contributed by atoms with Gasteiger partial charge >= 0.3 is 0 Å². The third-order valence-corrected chi connectivity index (χ3v) is 6.53. The fourth-order valence-corrected chi connectivity index (χ4v) is 4.46. The van der Waals surface area contributed by atoms with Crippen molar-refractivity contribution in [3.05, 3.63) is 72.6 Å². The molecule has 0 saturated heterocycles. The van der Waals surface area contributed by atoms with Crippen LogP contribution in [0.1, 0.15) is 11.6 Å². The van der Waals surface area contributed by atoms with Crippen molar-refractivity contribution in [1.29, 1.82) is 5.41 Å². The van der Waals surface area contributed by atoms with Crippen molar-refractivity contribution < 1.29 is 17.5 Å². The summed E-state index contributed by atoms with van der Waals surface area (Å²) < 4.78 is 46.8. The fourth-order valence-electron chi connectivity index (χ4n) is 3.41. The Bertz CT molecular complexity index is 1540. The van der Waals surface area contributed by atoms with Gasteiger partial charge in [0.1, 0.15) is 0 Å².